The van der Waals surface area contributed by atoms with Crippen molar-refractivity contribution in [2.24, 2.45) is 0 Å². The highest BCUT2D eigenvalue weighted by Crippen LogP contribution is 2.31. The number of carbonyl (C=O) groups is 2. The van der Waals surface area contributed by atoms with Gasteiger partial charge in [-0.3, -0.25) is 4.79 Å². The lowest BCUT2D eigenvalue weighted by atomic mass is 10.1. The number of hydrogen-bond acceptors (Lipinski definition) is 5. The number of hydrogen-bond donors (Lipinski definition) is 2. The summed E-state index contributed by atoms with van der Waals surface area (Å²) >= 11 is 1.12. The van der Waals surface area contributed by atoms with E-state index in [1.807, 2.05) is 0 Å². The molecule has 1 fully saturated rings. The molecule has 0 aliphatic heterocycles. The zero-order valence-electron chi connectivity index (χ0n) is 11.8. The molecule has 0 atom stereocenters. The molecule has 1 aliphatic rings. The van der Waals surface area contributed by atoms with Crippen molar-refractivity contribution in [3.05, 3.63) is 16.0 Å². The van der Waals surface area contributed by atoms with Crippen LogP contribution in [0.5, 0.6) is 0 Å². The van der Waals surface area contributed by atoms with Gasteiger partial charge in [0, 0.05) is 6.04 Å². The van der Waals surface area contributed by atoms with Crippen LogP contribution >= 0.6 is 11.3 Å². The van der Waals surface area contributed by atoms with Crippen LogP contribution in [0.2, 0.25) is 0 Å². The Morgan fingerprint density at radius 1 is 1.40 bits per heavy atom. The van der Waals surface area contributed by atoms with E-state index >= 15 is 0 Å². The molecule has 110 valence electrons. The first kappa shape index (κ1) is 14.8. The molecule has 0 bridgehead atoms. The van der Waals surface area contributed by atoms with Gasteiger partial charge in [0.05, 0.1) is 17.2 Å². The molecule has 0 spiro atoms. The molecule has 0 saturated heterocycles. The van der Waals surface area contributed by atoms with E-state index < -0.39 is 5.97 Å². The number of amides is 1. The van der Waals surface area contributed by atoms with Crippen molar-refractivity contribution >= 4 is 28.2 Å². The normalized spacial score (nSPS) is 15.3. The van der Waals surface area contributed by atoms with Crippen LogP contribution in [0, 0.1) is 6.92 Å². The first-order valence-electron chi connectivity index (χ1n) is 6.91. The molecule has 6 heteroatoms. The number of anilines is 1. The van der Waals surface area contributed by atoms with Crippen LogP contribution in [0.1, 0.15) is 58.2 Å². The van der Waals surface area contributed by atoms with Gasteiger partial charge in [-0.1, -0.05) is 12.8 Å². The molecule has 1 heterocycles. The summed E-state index contributed by atoms with van der Waals surface area (Å²) in [4.78, 5) is 24.5. The van der Waals surface area contributed by atoms with E-state index in [-0.39, 0.29) is 11.9 Å². The summed E-state index contributed by atoms with van der Waals surface area (Å²) in [5.74, 6) is -0.597. The summed E-state index contributed by atoms with van der Waals surface area (Å²) in [7, 11) is 0. The highest BCUT2D eigenvalue weighted by Gasteiger charge is 2.26. The van der Waals surface area contributed by atoms with Gasteiger partial charge in [0.1, 0.15) is 4.88 Å². The number of carbonyl (C=O) groups excluding carboxylic acids is 2. The van der Waals surface area contributed by atoms with Crippen molar-refractivity contribution in [1.29, 1.82) is 0 Å². The first-order chi connectivity index (χ1) is 9.54. The third-order valence-electron chi connectivity index (χ3n) is 3.55. The Hall–Kier alpha value is -1.56. The second-order valence-electron chi connectivity index (χ2n) is 4.97. The van der Waals surface area contributed by atoms with Crippen LogP contribution in [-0.2, 0) is 4.74 Å². The van der Waals surface area contributed by atoms with Crippen LogP contribution in [0.3, 0.4) is 0 Å². The maximum absolute atomic E-state index is 12.3. The van der Waals surface area contributed by atoms with Crippen molar-refractivity contribution in [2.45, 2.75) is 45.6 Å². The quantitative estimate of drug-likeness (QED) is 0.836. The highest BCUT2D eigenvalue weighted by molar-refractivity contribution is 7.18. The molecule has 0 radical (unpaired) electrons. The first-order valence-corrected chi connectivity index (χ1v) is 7.73. The lowest BCUT2D eigenvalue weighted by molar-refractivity contribution is 0.0531. The molecule has 1 amide bonds. The van der Waals surface area contributed by atoms with E-state index in [1.165, 1.54) is 0 Å². The fourth-order valence-corrected chi connectivity index (χ4v) is 3.50. The predicted octanol–water partition coefficient (Wildman–Crippen LogP) is 2.49. The van der Waals surface area contributed by atoms with E-state index in [2.05, 4.69) is 5.32 Å². The number of esters is 1. The van der Waals surface area contributed by atoms with Gasteiger partial charge in [0.2, 0.25) is 0 Å². The molecule has 1 aliphatic carbocycles. The lowest BCUT2D eigenvalue weighted by Crippen LogP contribution is -2.33. The Bertz CT molecular complexity index is 519. The fourth-order valence-electron chi connectivity index (χ4n) is 2.54. The van der Waals surface area contributed by atoms with Crippen LogP contribution in [0.4, 0.5) is 5.00 Å². The second kappa shape index (κ2) is 6.26. The van der Waals surface area contributed by atoms with Gasteiger partial charge in [-0.05, 0) is 32.3 Å². The Balaban J connectivity index is 2.18. The van der Waals surface area contributed by atoms with Gasteiger partial charge in [-0.15, -0.1) is 11.3 Å². The standard InChI is InChI=1S/C14H20N2O3S/c1-3-19-14(18)11-8(2)10(12(15)20-11)13(17)16-9-6-4-5-7-9/h9H,3-7,15H2,1-2H3,(H,16,17). The smallest absolute Gasteiger partial charge is 0.348 e. The molecule has 3 N–H and O–H groups in total. The molecule has 1 saturated carbocycles. The van der Waals surface area contributed by atoms with E-state index in [0.717, 1.165) is 37.0 Å². The second-order valence-corrected chi connectivity index (χ2v) is 6.02. The average molecular weight is 296 g/mol. The van der Waals surface area contributed by atoms with Gasteiger partial charge < -0.3 is 15.8 Å². The molecular formula is C14H20N2O3S. The topological polar surface area (TPSA) is 81.4 Å². The van der Waals surface area contributed by atoms with Crippen molar-refractivity contribution in [2.75, 3.05) is 12.3 Å². The summed E-state index contributed by atoms with van der Waals surface area (Å²) in [6.07, 6.45) is 4.33. The summed E-state index contributed by atoms with van der Waals surface area (Å²) in [6, 6.07) is 0.229. The van der Waals surface area contributed by atoms with Gasteiger partial charge in [0.15, 0.2) is 0 Å². The summed E-state index contributed by atoms with van der Waals surface area (Å²) in [5.41, 5.74) is 6.93. The largest absolute Gasteiger partial charge is 0.462 e. The molecule has 20 heavy (non-hydrogen) atoms. The average Bonchev–Trinajstić information content (AvgIpc) is 2.98. The zero-order chi connectivity index (χ0) is 14.7. The molecule has 1 aromatic heterocycles. The number of nitrogen functional groups attached to an aromatic ring is 1. The zero-order valence-corrected chi connectivity index (χ0v) is 12.6. The number of thiophene rings is 1. The Morgan fingerprint density at radius 2 is 2.05 bits per heavy atom. The molecule has 0 unspecified atom stereocenters. The van der Waals surface area contributed by atoms with E-state index in [1.54, 1.807) is 13.8 Å². The Kier molecular flexibility index (Phi) is 4.65. The minimum atomic E-state index is -0.415. The third kappa shape index (κ3) is 2.95. The van der Waals surface area contributed by atoms with Crippen LogP contribution in [0.25, 0.3) is 0 Å². The van der Waals surface area contributed by atoms with E-state index in [4.69, 9.17) is 10.5 Å². The summed E-state index contributed by atoms with van der Waals surface area (Å²) in [5, 5.41) is 3.37. The van der Waals surface area contributed by atoms with Gasteiger partial charge in [-0.25, -0.2) is 4.79 Å². The molecule has 5 nitrogen and oxygen atoms in total. The number of nitrogens with two attached hydrogens (primary N) is 1. The maximum Gasteiger partial charge on any atom is 0.348 e. The summed E-state index contributed by atoms with van der Waals surface area (Å²) < 4.78 is 4.97. The Morgan fingerprint density at radius 3 is 2.65 bits per heavy atom. The lowest BCUT2D eigenvalue weighted by Gasteiger charge is -2.12. The van der Waals surface area contributed by atoms with Crippen molar-refractivity contribution in [3.63, 3.8) is 0 Å². The van der Waals surface area contributed by atoms with Crippen molar-refractivity contribution < 1.29 is 14.3 Å². The SMILES string of the molecule is CCOC(=O)c1sc(N)c(C(=O)NC2CCCC2)c1C. The van der Waals surface area contributed by atoms with Crippen LogP contribution < -0.4 is 11.1 Å². The summed E-state index contributed by atoms with van der Waals surface area (Å²) in [6.45, 7) is 3.79. The maximum atomic E-state index is 12.3. The Labute approximate surface area is 122 Å². The predicted molar refractivity (Wildman–Crippen MR) is 79.1 cm³/mol. The minimum Gasteiger partial charge on any atom is -0.462 e. The van der Waals surface area contributed by atoms with Gasteiger partial charge in [-0.2, -0.15) is 0 Å². The molecule has 1 aromatic rings. The van der Waals surface area contributed by atoms with E-state index in [0.29, 0.717) is 27.6 Å². The van der Waals surface area contributed by atoms with E-state index in [9.17, 15) is 9.59 Å². The highest BCUT2D eigenvalue weighted by atomic mass is 32.1. The van der Waals surface area contributed by atoms with Crippen molar-refractivity contribution in [3.8, 4) is 0 Å². The fraction of sp³-hybridized carbons (Fsp3) is 0.571. The van der Waals surface area contributed by atoms with Crippen LogP contribution in [0.15, 0.2) is 0 Å². The number of nitrogens with one attached hydrogen (secondary N) is 1. The third-order valence-corrected chi connectivity index (χ3v) is 4.65. The van der Waals surface area contributed by atoms with Crippen LogP contribution in [-0.4, -0.2) is 24.5 Å². The molecular weight excluding hydrogens is 276 g/mol. The minimum absolute atomic E-state index is 0.182. The molecule has 2 rings (SSSR count). The number of rotatable bonds is 4. The monoisotopic (exact) mass is 296 g/mol. The number of ether oxygens (including phenoxy) is 1. The van der Waals surface area contributed by atoms with Gasteiger partial charge >= 0.3 is 5.97 Å². The molecule has 0 aromatic carbocycles. The van der Waals surface area contributed by atoms with Crippen molar-refractivity contribution in [1.82, 2.24) is 5.32 Å². The van der Waals surface area contributed by atoms with Gasteiger partial charge in [0.25, 0.3) is 5.91 Å².